The Bertz CT molecular complexity index is 551. The SMILES string of the molecule is CC(C(=O)O)C1CN(C(=O)CSc2nncn2C2CC2)C1. The maximum absolute atomic E-state index is 12.1. The number of thioether (sulfide) groups is 1. The molecule has 1 saturated carbocycles. The first kappa shape index (κ1) is 14.4. The van der Waals surface area contributed by atoms with Crippen molar-refractivity contribution in [2.75, 3.05) is 18.8 Å². The number of likely N-dealkylation sites (tertiary alicyclic amines) is 1. The average molecular weight is 310 g/mol. The molecule has 1 amide bonds. The molecule has 1 aromatic rings. The summed E-state index contributed by atoms with van der Waals surface area (Å²) in [4.78, 5) is 24.6. The van der Waals surface area contributed by atoms with Gasteiger partial charge in [-0.2, -0.15) is 0 Å². The Morgan fingerprint density at radius 3 is 2.81 bits per heavy atom. The summed E-state index contributed by atoms with van der Waals surface area (Å²) in [5, 5.41) is 17.7. The van der Waals surface area contributed by atoms with Crippen molar-refractivity contribution in [3.63, 3.8) is 0 Å². The Labute approximate surface area is 126 Å². The van der Waals surface area contributed by atoms with Crippen molar-refractivity contribution >= 4 is 23.6 Å². The van der Waals surface area contributed by atoms with E-state index in [-0.39, 0.29) is 17.7 Å². The lowest BCUT2D eigenvalue weighted by molar-refractivity contribution is -0.149. The summed E-state index contributed by atoms with van der Waals surface area (Å²) < 4.78 is 2.03. The fraction of sp³-hybridized carbons (Fsp3) is 0.692. The van der Waals surface area contributed by atoms with Crippen molar-refractivity contribution in [3.05, 3.63) is 6.33 Å². The molecule has 0 aromatic carbocycles. The normalized spacial score (nSPS) is 20.1. The summed E-state index contributed by atoms with van der Waals surface area (Å²) in [5.41, 5.74) is 0. The van der Waals surface area contributed by atoms with E-state index < -0.39 is 5.97 Å². The molecule has 7 nitrogen and oxygen atoms in total. The van der Waals surface area contributed by atoms with Crippen molar-refractivity contribution in [3.8, 4) is 0 Å². The molecule has 1 aliphatic heterocycles. The number of carboxylic acids is 1. The number of hydrogen-bond acceptors (Lipinski definition) is 5. The van der Waals surface area contributed by atoms with Crippen LogP contribution in [0.3, 0.4) is 0 Å². The van der Waals surface area contributed by atoms with E-state index in [1.165, 1.54) is 11.8 Å². The predicted molar refractivity (Wildman–Crippen MR) is 75.9 cm³/mol. The van der Waals surface area contributed by atoms with Gasteiger partial charge in [0.2, 0.25) is 5.91 Å². The van der Waals surface area contributed by atoms with Gasteiger partial charge in [-0.3, -0.25) is 9.59 Å². The third-order valence-electron chi connectivity index (χ3n) is 4.16. The Hall–Kier alpha value is -1.57. The second-order valence-corrected chi connectivity index (χ2v) is 6.67. The van der Waals surface area contributed by atoms with Gasteiger partial charge in [0.1, 0.15) is 6.33 Å². The Morgan fingerprint density at radius 1 is 1.48 bits per heavy atom. The molecule has 8 heteroatoms. The zero-order valence-corrected chi connectivity index (χ0v) is 12.6. The number of aliphatic carboxylic acids is 1. The van der Waals surface area contributed by atoms with Crippen molar-refractivity contribution in [1.82, 2.24) is 19.7 Å². The van der Waals surface area contributed by atoms with Gasteiger partial charge in [-0.25, -0.2) is 0 Å². The molecule has 1 atom stereocenters. The van der Waals surface area contributed by atoms with Crippen LogP contribution < -0.4 is 0 Å². The average Bonchev–Trinajstić information content (AvgIpc) is 3.13. The van der Waals surface area contributed by atoms with Gasteiger partial charge < -0.3 is 14.6 Å². The van der Waals surface area contributed by atoms with Crippen LogP contribution in [0.5, 0.6) is 0 Å². The first-order valence-electron chi connectivity index (χ1n) is 7.09. The molecule has 0 spiro atoms. The van der Waals surface area contributed by atoms with Gasteiger partial charge >= 0.3 is 5.97 Å². The molecule has 1 N–H and O–H groups in total. The Morgan fingerprint density at radius 2 is 2.19 bits per heavy atom. The van der Waals surface area contributed by atoms with E-state index in [2.05, 4.69) is 10.2 Å². The molecule has 1 aromatic heterocycles. The molecule has 1 unspecified atom stereocenters. The van der Waals surface area contributed by atoms with E-state index in [0.717, 1.165) is 18.0 Å². The second kappa shape index (κ2) is 5.67. The van der Waals surface area contributed by atoms with Crippen LogP contribution in [0, 0.1) is 11.8 Å². The fourth-order valence-electron chi connectivity index (χ4n) is 2.39. The number of aromatic nitrogens is 3. The first-order valence-corrected chi connectivity index (χ1v) is 8.07. The van der Waals surface area contributed by atoms with Crippen molar-refractivity contribution in [1.29, 1.82) is 0 Å². The Balaban J connectivity index is 1.45. The third-order valence-corrected chi connectivity index (χ3v) is 5.11. The van der Waals surface area contributed by atoms with Gasteiger partial charge in [0.25, 0.3) is 0 Å². The van der Waals surface area contributed by atoms with Crippen molar-refractivity contribution in [2.45, 2.75) is 31.0 Å². The second-order valence-electron chi connectivity index (χ2n) is 5.73. The highest BCUT2D eigenvalue weighted by Crippen LogP contribution is 2.37. The van der Waals surface area contributed by atoms with Crippen LogP contribution in [0.2, 0.25) is 0 Å². The number of amides is 1. The fourth-order valence-corrected chi connectivity index (χ4v) is 3.28. The molecule has 1 saturated heterocycles. The minimum Gasteiger partial charge on any atom is -0.481 e. The van der Waals surface area contributed by atoms with E-state index in [1.54, 1.807) is 18.2 Å². The summed E-state index contributed by atoms with van der Waals surface area (Å²) in [6.45, 7) is 2.78. The highest BCUT2D eigenvalue weighted by molar-refractivity contribution is 7.99. The molecule has 2 heterocycles. The minimum absolute atomic E-state index is 0.0409. The number of carboxylic acid groups (broad SMARTS) is 1. The maximum Gasteiger partial charge on any atom is 0.306 e. The molecular formula is C13H18N4O3S. The van der Waals surface area contributed by atoms with Crippen LogP contribution in [-0.2, 0) is 9.59 Å². The largest absolute Gasteiger partial charge is 0.481 e. The number of carbonyl (C=O) groups is 2. The topological polar surface area (TPSA) is 88.3 Å². The van der Waals surface area contributed by atoms with Crippen molar-refractivity contribution < 1.29 is 14.7 Å². The number of nitrogens with zero attached hydrogens (tertiary/aromatic N) is 4. The molecule has 3 rings (SSSR count). The summed E-state index contributed by atoms with van der Waals surface area (Å²) in [6.07, 6.45) is 4.03. The van der Waals surface area contributed by atoms with Gasteiger partial charge in [-0.15, -0.1) is 10.2 Å². The van der Waals surface area contributed by atoms with Gasteiger partial charge in [0.15, 0.2) is 5.16 Å². The van der Waals surface area contributed by atoms with Crippen LogP contribution >= 0.6 is 11.8 Å². The third kappa shape index (κ3) is 3.04. The molecule has 114 valence electrons. The quantitative estimate of drug-likeness (QED) is 0.785. The summed E-state index contributed by atoms with van der Waals surface area (Å²) in [5.74, 6) is -0.732. The summed E-state index contributed by atoms with van der Waals surface area (Å²) in [7, 11) is 0. The molecule has 0 radical (unpaired) electrons. The van der Waals surface area contributed by atoms with Crippen LogP contribution in [0.4, 0.5) is 0 Å². The highest BCUT2D eigenvalue weighted by atomic mass is 32.2. The smallest absolute Gasteiger partial charge is 0.306 e. The maximum atomic E-state index is 12.1. The molecule has 1 aliphatic carbocycles. The minimum atomic E-state index is -0.793. The van der Waals surface area contributed by atoms with Crippen LogP contribution in [-0.4, -0.2) is 55.5 Å². The van der Waals surface area contributed by atoms with Gasteiger partial charge in [0, 0.05) is 25.0 Å². The van der Waals surface area contributed by atoms with E-state index >= 15 is 0 Å². The van der Waals surface area contributed by atoms with E-state index in [1.807, 2.05) is 4.57 Å². The van der Waals surface area contributed by atoms with Gasteiger partial charge in [-0.05, 0) is 12.8 Å². The van der Waals surface area contributed by atoms with Gasteiger partial charge in [-0.1, -0.05) is 18.7 Å². The molecular weight excluding hydrogens is 292 g/mol. The lowest BCUT2D eigenvalue weighted by Crippen LogP contribution is -2.54. The zero-order valence-electron chi connectivity index (χ0n) is 11.8. The Kier molecular flexibility index (Phi) is 3.88. The van der Waals surface area contributed by atoms with Gasteiger partial charge in [0.05, 0.1) is 11.7 Å². The van der Waals surface area contributed by atoms with Crippen LogP contribution in [0.15, 0.2) is 11.5 Å². The van der Waals surface area contributed by atoms with Crippen LogP contribution in [0.25, 0.3) is 0 Å². The molecule has 0 bridgehead atoms. The van der Waals surface area contributed by atoms with Crippen molar-refractivity contribution in [2.24, 2.45) is 11.8 Å². The highest BCUT2D eigenvalue weighted by Gasteiger charge is 2.37. The molecule has 21 heavy (non-hydrogen) atoms. The van der Waals surface area contributed by atoms with Crippen LogP contribution in [0.1, 0.15) is 25.8 Å². The van der Waals surface area contributed by atoms with E-state index in [4.69, 9.17) is 5.11 Å². The lowest BCUT2D eigenvalue weighted by Gasteiger charge is -2.41. The standard InChI is InChI=1S/C13H18N4O3S/c1-8(12(19)20)9-4-16(5-9)11(18)6-21-13-15-14-7-17(13)10-2-3-10/h7-10H,2-6H2,1H3,(H,19,20). The molecule has 2 aliphatic rings. The van der Waals surface area contributed by atoms with E-state index in [0.29, 0.717) is 24.9 Å². The number of carbonyl (C=O) groups excluding carboxylic acids is 1. The van der Waals surface area contributed by atoms with E-state index in [9.17, 15) is 9.59 Å². The zero-order chi connectivity index (χ0) is 15.0. The summed E-state index contributed by atoms with van der Waals surface area (Å²) >= 11 is 1.41. The number of hydrogen-bond donors (Lipinski definition) is 1. The monoisotopic (exact) mass is 310 g/mol. The predicted octanol–water partition coefficient (Wildman–Crippen LogP) is 0.884. The molecule has 2 fully saturated rings. The lowest BCUT2D eigenvalue weighted by atomic mass is 9.87. The number of rotatable bonds is 6. The first-order chi connectivity index (χ1) is 10.1. The summed E-state index contributed by atoms with van der Waals surface area (Å²) in [6, 6.07) is 0.502.